The molecule has 0 radical (unpaired) electrons. The van der Waals surface area contributed by atoms with Gasteiger partial charge in [-0.2, -0.15) is 4.99 Å². The van der Waals surface area contributed by atoms with Gasteiger partial charge in [-0.3, -0.25) is 9.59 Å². The van der Waals surface area contributed by atoms with Gasteiger partial charge in [0.15, 0.2) is 4.80 Å². The molecule has 0 unspecified atom stereocenters. The lowest BCUT2D eigenvalue weighted by Crippen LogP contribution is -2.24. The molecular formula is C17H19ClN2O3S. The van der Waals surface area contributed by atoms with Crippen LogP contribution in [0.1, 0.15) is 32.1 Å². The Bertz CT molecular complexity index is 834. The van der Waals surface area contributed by atoms with Crippen molar-refractivity contribution >= 4 is 45.0 Å². The molecule has 0 saturated heterocycles. The SMILES string of the molecule is COC(=O)Cn1c(=NC(=O)C2CCCCC2)sc2cc(Cl)ccc21. The number of benzene rings is 1. The van der Waals surface area contributed by atoms with Crippen molar-refractivity contribution in [3.8, 4) is 0 Å². The summed E-state index contributed by atoms with van der Waals surface area (Å²) in [5, 5.41) is 0.610. The molecule has 0 spiro atoms. The normalized spacial score (nSPS) is 16.5. The van der Waals surface area contributed by atoms with Gasteiger partial charge < -0.3 is 9.30 Å². The molecule has 1 aromatic carbocycles. The highest BCUT2D eigenvalue weighted by molar-refractivity contribution is 7.16. The van der Waals surface area contributed by atoms with Crippen LogP contribution in [-0.2, 0) is 20.9 Å². The monoisotopic (exact) mass is 366 g/mol. The van der Waals surface area contributed by atoms with E-state index in [9.17, 15) is 9.59 Å². The van der Waals surface area contributed by atoms with Gasteiger partial charge in [-0.1, -0.05) is 42.2 Å². The van der Waals surface area contributed by atoms with Crippen LogP contribution in [0.2, 0.25) is 5.02 Å². The molecule has 0 atom stereocenters. The number of esters is 1. The molecule has 1 aliphatic carbocycles. The first kappa shape index (κ1) is 17.2. The maximum Gasteiger partial charge on any atom is 0.325 e. The van der Waals surface area contributed by atoms with Crippen LogP contribution >= 0.6 is 22.9 Å². The number of hydrogen-bond donors (Lipinski definition) is 0. The van der Waals surface area contributed by atoms with E-state index >= 15 is 0 Å². The quantitative estimate of drug-likeness (QED) is 0.780. The van der Waals surface area contributed by atoms with Crippen molar-refractivity contribution in [1.82, 2.24) is 4.57 Å². The largest absolute Gasteiger partial charge is 0.468 e. The number of ether oxygens (including phenoxy) is 1. The molecule has 1 fully saturated rings. The lowest BCUT2D eigenvalue weighted by atomic mass is 9.89. The summed E-state index contributed by atoms with van der Waals surface area (Å²) in [6, 6.07) is 5.41. The van der Waals surface area contributed by atoms with Crippen LogP contribution in [0.15, 0.2) is 23.2 Å². The Morgan fingerprint density at radius 3 is 2.79 bits per heavy atom. The Kier molecular flexibility index (Phi) is 5.36. The Hall–Kier alpha value is -1.66. The molecule has 3 rings (SSSR count). The summed E-state index contributed by atoms with van der Waals surface area (Å²) < 4.78 is 7.38. The molecule has 5 nitrogen and oxygen atoms in total. The maximum atomic E-state index is 12.5. The van der Waals surface area contributed by atoms with Crippen LogP contribution in [0.4, 0.5) is 0 Å². The number of fused-ring (bicyclic) bond motifs is 1. The Balaban J connectivity index is 2.04. The number of thiazole rings is 1. The number of methoxy groups -OCH3 is 1. The minimum absolute atomic E-state index is 0.000808. The highest BCUT2D eigenvalue weighted by atomic mass is 35.5. The first-order valence-corrected chi connectivity index (χ1v) is 9.22. The predicted molar refractivity (Wildman–Crippen MR) is 94.0 cm³/mol. The summed E-state index contributed by atoms with van der Waals surface area (Å²) in [6.45, 7) is 0.0227. The van der Waals surface area contributed by atoms with Crippen LogP contribution in [0.5, 0.6) is 0 Å². The van der Waals surface area contributed by atoms with Crippen LogP contribution in [0, 0.1) is 5.92 Å². The lowest BCUT2D eigenvalue weighted by Gasteiger charge is -2.17. The van der Waals surface area contributed by atoms with E-state index in [2.05, 4.69) is 4.99 Å². The molecule has 2 aromatic rings. The maximum absolute atomic E-state index is 12.5. The number of carbonyl (C=O) groups is 2. The van der Waals surface area contributed by atoms with Crippen molar-refractivity contribution in [3.63, 3.8) is 0 Å². The third-order valence-corrected chi connectivity index (χ3v) is 5.60. The van der Waals surface area contributed by atoms with Gasteiger partial charge in [-0.25, -0.2) is 0 Å². The van der Waals surface area contributed by atoms with Crippen molar-refractivity contribution in [2.45, 2.75) is 38.6 Å². The van der Waals surface area contributed by atoms with Gasteiger partial charge in [-0.15, -0.1) is 0 Å². The second kappa shape index (κ2) is 7.49. The molecule has 1 aromatic heterocycles. The van der Waals surface area contributed by atoms with E-state index in [0.29, 0.717) is 9.82 Å². The standard InChI is InChI=1S/C17H19ClN2O3S/c1-23-15(21)10-20-13-8-7-12(18)9-14(13)24-17(20)19-16(22)11-5-3-2-4-6-11/h7-9,11H,2-6,10H2,1H3. The third kappa shape index (κ3) is 3.70. The first-order chi connectivity index (χ1) is 11.6. The molecule has 0 bridgehead atoms. The average Bonchev–Trinajstić information content (AvgIpc) is 2.91. The zero-order valence-corrected chi connectivity index (χ0v) is 15.0. The highest BCUT2D eigenvalue weighted by Crippen LogP contribution is 2.25. The van der Waals surface area contributed by atoms with Crippen molar-refractivity contribution in [1.29, 1.82) is 0 Å². The molecule has 1 heterocycles. The minimum Gasteiger partial charge on any atom is -0.468 e. The second-order valence-corrected chi connectivity index (χ2v) is 7.39. The summed E-state index contributed by atoms with van der Waals surface area (Å²) in [7, 11) is 1.35. The average molecular weight is 367 g/mol. The van der Waals surface area contributed by atoms with Gasteiger partial charge >= 0.3 is 5.97 Å². The zero-order chi connectivity index (χ0) is 17.1. The van der Waals surface area contributed by atoms with Crippen molar-refractivity contribution < 1.29 is 14.3 Å². The molecule has 0 N–H and O–H groups in total. The molecule has 0 aliphatic heterocycles. The van der Waals surface area contributed by atoms with E-state index in [-0.39, 0.29) is 24.3 Å². The summed E-state index contributed by atoms with van der Waals surface area (Å²) in [6.07, 6.45) is 5.14. The van der Waals surface area contributed by atoms with Gasteiger partial charge in [-0.05, 0) is 31.0 Å². The summed E-state index contributed by atoms with van der Waals surface area (Å²) >= 11 is 7.42. The smallest absolute Gasteiger partial charge is 0.325 e. The van der Waals surface area contributed by atoms with E-state index in [1.165, 1.54) is 24.9 Å². The molecule has 24 heavy (non-hydrogen) atoms. The number of rotatable bonds is 3. The van der Waals surface area contributed by atoms with Crippen LogP contribution in [0.25, 0.3) is 10.2 Å². The van der Waals surface area contributed by atoms with Crippen LogP contribution in [-0.4, -0.2) is 23.6 Å². The van der Waals surface area contributed by atoms with Crippen LogP contribution < -0.4 is 4.80 Å². The predicted octanol–water partition coefficient (Wildman–Crippen LogP) is 3.54. The van der Waals surface area contributed by atoms with Crippen molar-refractivity contribution in [2.75, 3.05) is 7.11 Å². The molecule has 1 aliphatic rings. The molecule has 1 saturated carbocycles. The fraction of sp³-hybridized carbons (Fsp3) is 0.471. The number of hydrogen-bond acceptors (Lipinski definition) is 4. The minimum atomic E-state index is -0.379. The van der Waals surface area contributed by atoms with Gasteiger partial charge in [0.1, 0.15) is 6.54 Å². The van der Waals surface area contributed by atoms with Crippen molar-refractivity contribution in [2.24, 2.45) is 10.9 Å². The highest BCUT2D eigenvalue weighted by Gasteiger charge is 2.21. The van der Waals surface area contributed by atoms with E-state index in [1.807, 2.05) is 12.1 Å². The third-order valence-electron chi connectivity index (χ3n) is 4.32. The fourth-order valence-corrected chi connectivity index (χ4v) is 4.32. The van der Waals surface area contributed by atoms with E-state index in [0.717, 1.165) is 35.9 Å². The lowest BCUT2D eigenvalue weighted by molar-refractivity contribution is -0.141. The van der Waals surface area contributed by atoms with Gasteiger partial charge in [0, 0.05) is 10.9 Å². The number of carbonyl (C=O) groups excluding carboxylic acids is 2. The van der Waals surface area contributed by atoms with E-state index in [1.54, 1.807) is 10.6 Å². The Labute approximate surface area is 148 Å². The van der Waals surface area contributed by atoms with Gasteiger partial charge in [0.05, 0.1) is 17.3 Å². The van der Waals surface area contributed by atoms with E-state index < -0.39 is 0 Å². The first-order valence-electron chi connectivity index (χ1n) is 8.03. The number of aromatic nitrogens is 1. The van der Waals surface area contributed by atoms with Gasteiger partial charge in [0.2, 0.25) is 0 Å². The molecule has 1 amide bonds. The Morgan fingerprint density at radius 2 is 2.08 bits per heavy atom. The fourth-order valence-electron chi connectivity index (χ4n) is 3.01. The number of halogens is 1. The summed E-state index contributed by atoms with van der Waals surface area (Å²) in [4.78, 5) is 29.1. The van der Waals surface area contributed by atoms with Gasteiger partial charge in [0.25, 0.3) is 5.91 Å². The summed E-state index contributed by atoms with van der Waals surface area (Å²) in [5.74, 6) is -0.471. The number of nitrogens with zero attached hydrogens (tertiary/aromatic N) is 2. The topological polar surface area (TPSA) is 60.7 Å². The molecule has 7 heteroatoms. The van der Waals surface area contributed by atoms with Crippen molar-refractivity contribution in [3.05, 3.63) is 28.0 Å². The zero-order valence-electron chi connectivity index (χ0n) is 13.5. The second-order valence-electron chi connectivity index (χ2n) is 5.94. The number of amides is 1. The molecular weight excluding hydrogens is 348 g/mol. The van der Waals surface area contributed by atoms with Crippen LogP contribution in [0.3, 0.4) is 0 Å². The Morgan fingerprint density at radius 1 is 1.33 bits per heavy atom. The molecule has 128 valence electrons. The van der Waals surface area contributed by atoms with E-state index in [4.69, 9.17) is 16.3 Å². The summed E-state index contributed by atoms with van der Waals surface area (Å²) in [5.41, 5.74) is 0.824.